The highest BCUT2D eigenvalue weighted by Crippen LogP contribution is 2.24. The van der Waals surface area contributed by atoms with Crippen LogP contribution in [0.2, 0.25) is 0 Å². The number of amides is 1. The van der Waals surface area contributed by atoms with E-state index in [0.717, 1.165) is 0 Å². The predicted molar refractivity (Wildman–Crippen MR) is 73.7 cm³/mol. The number of hydrogen-bond acceptors (Lipinski definition) is 5. The molecule has 1 aromatic carbocycles. The topological polar surface area (TPSA) is 84.7 Å². The molecule has 0 radical (unpaired) electrons. The summed E-state index contributed by atoms with van der Waals surface area (Å²) in [4.78, 5) is 24.1. The van der Waals surface area contributed by atoms with Gasteiger partial charge in [-0.3, -0.25) is 14.9 Å². The summed E-state index contributed by atoms with van der Waals surface area (Å²) in [6.45, 7) is 4.09. The van der Waals surface area contributed by atoms with Crippen molar-refractivity contribution in [3.8, 4) is 0 Å². The van der Waals surface area contributed by atoms with Crippen LogP contribution in [-0.4, -0.2) is 48.6 Å². The normalized spacial score (nSPS) is 14.9. The second-order valence-corrected chi connectivity index (χ2v) is 4.55. The van der Waals surface area contributed by atoms with Crippen molar-refractivity contribution in [1.82, 2.24) is 4.90 Å². The Morgan fingerprint density at radius 1 is 1.45 bits per heavy atom. The standard InChI is InChI=1S/C13H17N3O4/c1-10-11(3-2-4-12(10)16(18)19)14-9-13(17)15-5-7-20-8-6-15/h2-4,14H,5-9H2,1H3. The zero-order valence-electron chi connectivity index (χ0n) is 11.3. The lowest BCUT2D eigenvalue weighted by molar-refractivity contribution is -0.385. The van der Waals surface area contributed by atoms with Crippen molar-refractivity contribution in [2.45, 2.75) is 6.92 Å². The van der Waals surface area contributed by atoms with Crippen LogP contribution in [0.1, 0.15) is 5.56 Å². The van der Waals surface area contributed by atoms with Crippen molar-refractivity contribution in [3.63, 3.8) is 0 Å². The molecule has 1 saturated heterocycles. The van der Waals surface area contributed by atoms with Crippen molar-refractivity contribution < 1.29 is 14.5 Å². The number of nitro benzene ring substituents is 1. The van der Waals surface area contributed by atoms with Crippen LogP contribution in [0.25, 0.3) is 0 Å². The Bertz CT molecular complexity index is 512. The third-order valence-electron chi connectivity index (χ3n) is 3.30. The molecule has 1 aliphatic heterocycles. The summed E-state index contributed by atoms with van der Waals surface area (Å²) in [5, 5.41) is 13.8. The fraction of sp³-hybridized carbons (Fsp3) is 0.462. The number of rotatable bonds is 4. The first-order chi connectivity index (χ1) is 9.59. The van der Waals surface area contributed by atoms with Gasteiger partial charge in [0.2, 0.25) is 5.91 Å². The number of carbonyl (C=O) groups excluding carboxylic acids is 1. The molecule has 1 aliphatic rings. The number of carbonyl (C=O) groups is 1. The fourth-order valence-electron chi connectivity index (χ4n) is 2.11. The van der Waals surface area contributed by atoms with Crippen molar-refractivity contribution in [1.29, 1.82) is 0 Å². The van der Waals surface area contributed by atoms with E-state index in [1.54, 1.807) is 24.0 Å². The van der Waals surface area contributed by atoms with Crippen LogP contribution in [0, 0.1) is 17.0 Å². The van der Waals surface area contributed by atoms with E-state index in [0.29, 0.717) is 37.6 Å². The lowest BCUT2D eigenvalue weighted by Gasteiger charge is -2.27. The Labute approximate surface area is 116 Å². The van der Waals surface area contributed by atoms with Gasteiger partial charge in [0, 0.05) is 30.4 Å². The molecule has 20 heavy (non-hydrogen) atoms. The first kappa shape index (κ1) is 14.3. The van der Waals surface area contributed by atoms with Crippen LogP contribution in [-0.2, 0) is 9.53 Å². The molecule has 0 atom stereocenters. The van der Waals surface area contributed by atoms with E-state index in [9.17, 15) is 14.9 Å². The van der Waals surface area contributed by atoms with Gasteiger partial charge < -0.3 is 15.0 Å². The molecule has 0 bridgehead atoms. The zero-order chi connectivity index (χ0) is 14.5. The summed E-state index contributed by atoms with van der Waals surface area (Å²) in [5.74, 6) is -0.0285. The molecule has 0 aromatic heterocycles. The van der Waals surface area contributed by atoms with Gasteiger partial charge in [-0.15, -0.1) is 0 Å². The van der Waals surface area contributed by atoms with Crippen molar-refractivity contribution in [2.75, 3.05) is 38.2 Å². The molecule has 2 rings (SSSR count). The molecule has 0 spiro atoms. The van der Waals surface area contributed by atoms with Crippen molar-refractivity contribution in [2.24, 2.45) is 0 Å². The third kappa shape index (κ3) is 3.24. The molecule has 0 aliphatic carbocycles. The fourth-order valence-corrected chi connectivity index (χ4v) is 2.11. The SMILES string of the molecule is Cc1c(NCC(=O)N2CCOCC2)cccc1[N+](=O)[O-]. The number of ether oxygens (including phenoxy) is 1. The highest BCUT2D eigenvalue weighted by Gasteiger charge is 2.18. The second-order valence-electron chi connectivity index (χ2n) is 4.55. The molecular weight excluding hydrogens is 262 g/mol. The molecule has 108 valence electrons. The van der Waals surface area contributed by atoms with Gasteiger partial charge in [0.1, 0.15) is 0 Å². The minimum Gasteiger partial charge on any atom is -0.378 e. The van der Waals surface area contributed by atoms with Crippen LogP contribution in [0.5, 0.6) is 0 Å². The van der Waals surface area contributed by atoms with Gasteiger partial charge in [0.05, 0.1) is 24.7 Å². The first-order valence-electron chi connectivity index (χ1n) is 6.43. The summed E-state index contributed by atoms with van der Waals surface area (Å²) in [6, 6.07) is 4.78. The molecule has 1 amide bonds. The molecule has 1 N–H and O–H groups in total. The molecular formula is C13H17N3O4. The highest BCUT2D eigenvalue weighted by molar-refractivity contribution is 5.81. The first-order valence-corrected chi connectivity index (χ1v) is 6.43. The Balaban J connectivity index is 1.98. The quantitative estimate of drug-likeness (QED) is 0.660. The Hall–Kier alpha value is -2.15. The average Bonchev–Trinajstić information content (AvgIpc) is 2.46. The van der Waals surface area contributed by atoms with E-state index in [-0.39, 0.29) is 18.1 Å². The third-order valence-corrected chi connectivity index (χ3v) is 3.30. The van der Waals surface area contributed by atoms with Gasteiger partial charge in [-0.1, -0.05) is 6.07 Å². The Kier molecular flexibility index (Phi) is 4.52. The number of morpholine rings is 1. The minimum absolute atomic E-state index is 0.0285. The number of nitro groups is 1. The Morgan fingerprint density at radius 2 is 2.15 bits per heavy atom. The van der Waals surface area contributed by atoms with Crippen LogP contribution >= 0.6 is 0 Å². The van der Waals surface area contributed by atoms with Gasteiger partial charge >= 0.3 is 0 Å². The smallest absolute Gasteiger partial charge is 0.274 e. The molecule has 7 nitrogen and oxygen atoms in total. The monoisotopic (exact) mass is 279 g/mol. The lowest BCUT2D eigenvalue weighted by Crippen LogP contribution is -2.43. The molecule has 0 saturated carbocycles. The van der Waals surface area contributed by atoms with E-state index < -0.39 is 4.92 Å². The zero-order valence-corrected chi connectivity index (χ0v) is 11.3. The van der Waals surface area contributed by atoms with Crippen molar-refractivity contribution >= 4 is 17.3 Å². The minimum atomic E-state index is -0.426. The largest absolute Gasteiger partial charge is 0.378 e. The van der Waals surface area contributed by atoms with E-state index in [4.69, 9.17) is 4.74 Å². The molecule has 1 heterocycles. The number of anilines is 1. The number of nitrogens with zero attached hydrogens (tertiary/aromatic N) is 2. The Morgan fingerprint density at radius 3 is 2.80 bits per heavy atom. The second kappa shape index (κ2) is 6.33. The number of benzene rings is 1. The molecule has 7 heteroatoms. The van der Waals surface area contributed by atoms with Gasteiger partial charge in [-0.05, 0) is 13.0 Å². The average molecular weight is 279 g/mol. The molecule has 1 fully saturated rings. The summed E-state index contributed by atoms with van der Waals surface area (Å²) in [7, 11) is 0. The van der Waals surface area contributed by atoms with Gasteiger partial charge in [0.25, 0.3) is 5.69 Å². The molecule has 1 aromatic rings. The maximum absolute atomic E-state index is 12.0. The van der Waals surface area contributed by atoms with E-state index in [1.807, 2.05) is 0 Å². The van der Waals surface area contributed by atoms with Crippen molar-refractivity contribution in [3.05, 3.63) is 33.9 Å². The number of hydrogen-bond donors (Lipinski definition) is 1. The summed E-state index contributed by atoms with van der Waals surface area (Å²) >= 11 is 0. The summed E-state index contributed by atoms with van der Waals surface area (Å²) in [6.07, 6.45) is 0. The van der Waals surface area contributed by atoms with Gasteiger partial charge in [-0.25, -0.2) is 0 Å². The highest BCUT2D eigenvalue weighted by atomic mass is 16.6. The van der Waals surface area contributed by atoms with E-state index >= 15 is 0 Å². The van der Waals surface area contributed by atoms with Crippen LogP contribution in [0.3, 0.4) is 0 Å². The van der Waals surface area contributed by atoms with Gasteiger partial charge in [-0.2, -0.15) is 0 Å². The maximum Gasteiger partial charge on any atom is 0.274 e. The van der Waals surface area contributed by atoms with E-state index in [1.165, 1.54) is 6.07 Å². The maximum atomic E-state index is 12.0. The summed E-state index contributed by atoms with van der Waals surface area (Å²) < 4.78 is 5.18. The van der Waals surface area contributed by atoms with Crippen LogP contribution < -0.4 is 5.32 Å². The van der Waals surface area contributed by atoms with Gasteiger partial charge in [0.15, 0.2) is 0 Å². The van der Waals surface area contributed by atoms with Crippen LogP contribution in [0.15, 0.2) is 18.2 Å². The van der Waals surface area contributed by atoms with E-state index in [2.05, 4.69) is 5.32 Å². The summed E-state index contributed by atoms with van der Waals surface area (Å²) in [5.41, 5.74) is 1.20. The molecule has 0 unspecified atom stereocenters. The lowest BCUT2D eigenvalue weighted by atomic mass is 10.1. The van der Waals surface area contributed by atoms with Crippen LogP contribution in [0.4, 0.5) is 11.4 Å². The predicted octanol–water partition coefficient (Wildman–Crippen LogP) is 1.17. The number of nitrogens with one attached hydrogen (secondary N) is 1.